The van der Waals surface area contributed by atoms with Crippen LogP contribution >= 0.6 is 15.9 Å². The van der Waals surface area contributed by atoms with E-state index in [1.807, 2.05) is 0 Å². The van der Waals surface area contributed by atoms with Gasteiger partial charge in [-0.2, -0.15) is 13.2 Å². The second-order valence-electron chi connectivity index (χ2n) is 3.28. The Hall–Kier alpha value is -1.01. The van der Waals surface area contributed by atoms with Crippen molar-refractivity contribution in [3.63, 3.8) is 0 Å². The smallest absolute Gasteiger partial charge is 0.381 e. The van der Waals surface area contributed by atoms with Crippen LogP contribution in [-0.2, 0) is 6.18 Å². The van der Waals surface area contributed by atoms with Gasteiger partial charge in [0.25, 0.3) is 0 Å². The minimum atomic E-state index is -4.36. The van der Waals surface area contributed by atoms with Gasteiger partial charge in [-0.1, -0.05) is 28.1 Å². The van der Waals surface area contributed by atoms with Crippen molar-refractivity contribution in [2.75, 3.05) is 18.4 Å². The van der Waals surface area contributed by atoms with Gasteiger partial charge in [0.05, 0.1) is 5.56 Å². The van der Waals surface area contributed by atoms with Crippen LogP contribution in [0.25, 0.3) is 0 Å². The molecule has 0 aliphatic rings. The Labute approximate surface area is 106 Å². The predicted molar refractivity (Wildman–Crippen MR) is 65.8 cm³/mol. The van der Waals surface area contributed by atoms with Crippen molar-refractivity contribution in [1.29, 1.82) is 0 Å². The molecule has 17 heavy (non-hydrogen) atoms. The molecule has 0 spiro atoms. The van der Waals surface area contributed by atoms with Crippen molar-refractivity contribution in [3.8, 4) is 0 Å². The van der Waals surface area contributed by atoms with E-state index in [1.54, 1.807) is 12.2 Å². The van der Waals surface area contributed by atoms with Crippen molar-refractivity contribution in [2.45, 2.75) is 6.18 Å². The van der Waals surface area contributed by atoms with E-state index in [1.165, 1.54) is 12.1 Å². The Morgan fingerprint density at radius 3 is 2.59 bits per heavy atom. The first-order valence-corrected chi connectivity index (χ1v) is 5.70. The third-order valence-corrected chi connectivity index (χ3v) is 2.49. The lowest BCUT2D eigenvalue weighted by Gasteiger charge is -2.14. The average molecular weight is 309 g/mol. The topological polar surface area (TPSA) is 38.0 Å². The lowest BCUT2D eigenvalue weighted by atomic mass is 10.1. The van der Waals surface area contributed by atoms with Gasteiger partial charge in [0, 0.05) is 23.2 Å². The molecule has 0 radical (unpaired) electrons. The quantitative estimate of drug-likeness (QED) is 0.837. The summed E-state index contributed by atoms with van der Waals surface area (Å²) in [6.07, 6.45) is -1.00. The number of hydrogen-bond acceptors (Lipinski definition) is 2. The van der Waals surface area contributed by atoms with E-state index >= 15 is 0 Å². The summed E-state index contributed by atoms with van der Waals surface area (Å²) in [5.74, 6) is 0. The zero-order valence-electron chi connectivity index (χ0n) is 8.89. The second kappa shape index (κ2) is 6.07. The highest BCUT2D eigenvalue weighted by Gasteiger charge is 2.33. The number of rotatable bonds is 4. The van der Waals surface area contributed by atoms with E-state index in [0.717, 1.165) is 6.07 Å². The van der Waals surface area contributed by atoms with Crippen LogP contribution in [0.1, 0.15) is 5.56 Å². The van der Waals surface area contributed by atoms with Crippen LogP contribution in [0.3, 0.4) is 0 Å². The van der Waals surface area contributed by atoms with Crippen LogP contribution in [0, 0.1) is 0 Å². The lowest BCUT2D eigenvalue weighted by molar-refractivity contribution is -0.136. The van der Waals surface area contributed by atoms with Crippen molar-refractivity contribution in [3.05, 3.63) is 40.4 Å². The number of alkyl halides is 3. The molecular formula is C11H12BrF3N2. The molecule has 1 rings (SSSR count). The number of anilines is 1. The molecular weight excluding hydrogens is 297 g/mol. The fourth-order valence-corrected chi connectivity index (χ4v) is 1.62. The molecule has 0 aliphatic heterocycles. The zero-order chi connectivity index (χ0) is 12.9. The van der Waals surface area contributed by atoms with Gasteiger partial charge >= 0.3 is 6.18 Å². The van der Waals surface area contributed by atoms with E-state index in [-0.39, 0.29) is 5.69 Å². The highest BCUT2D eigenvalue weighted by molar-refractivity contribution is 9.10. The number of nitrogens with two attached hydrogens (primary N) is 1. The standard InChI is InChI=1S/C11H12BrF3N2/c12-8-3-4-9(11(13,14)15)10(7-8)17-6-2-1-5-16/h1-4,7,17H,5-6,16H2/b2-1+. The van der Waals surface area contributed by atoms with Crippen LogP contribution in [0.2, 0.25) is 0 Å². The van der Waals surface area contributed by atoms with Gasteiger partial charge in [-0.05, 0) is 18.2 Å². The Kier molecular flexibility index (Phi) is 5.02. The van der Waals surface area contributed by atoms with E-state index in [0.29, 0.717) is 17.6 Å². The first kappa shape index (κ1) is 14.1. The van der Waals surface area contributed by atoms with Crippen molar-refractivity contribution >= 4 is 21.6 Å². The minimum Gasteiger partial charge on any atom is -0.381 e. The van der Waals surface area contributed by atoms with Gasteiger partial charge in [0.1, 0.15) is 0 Å². The number of nitrogens with one attached hydrogen (secondary N) is 1. The first-order valence-electron chi connectivity index (χ1n) is 4.91. The van der Waals surface area contributed by atoms with E-state index < -0.39 is 11.7 Å². The summed E-state index contributed by atoms with van der Waals surface area (Å²) in [5.41, 5.74) is 4.60. The predicted octanol–water partition coefficient (Wildman–Crippen LogP) is 3.39. The van der Waals surface area contributed by atoms with Gasteiger partial charge in [-0.25, -0.2) is 0 Å². The molecule has 1 aromatic rings. The second-order valence-corrected chi connectivity index (χ2v) is 4.19. The molecule has 0 atom stereocenters. The van der Waals surface area contributed by atoms with Crippen LogP contribution in [0.4, 0.5) is 18.9 Å². The zero-order valence-corrected chi connectivity index (χ0v) is 10.5. The maximum atomic E-state index is 12.7. The molecule has 0 saturated heterocycles. The van der Waals surface area contributed by atoms with Gasteiger partial charge in [0.2, 0.25) is 0 Å². The maximum absolute atomic E-state index is 12.7. The summed E-state index contributed by atoms with van der Waals surface area (Å²) in [7, 11) is 0. The summed E-state index contributed by atoms with van der Waals surface area (Å²) in [4.78, 5) is 0. The van der Waals surface area contributed by atoms with E-state index in [9.17, 15) is 13.2 Å². The Bertz CT molecular complexity index is 402. The van der Waals surface area contributed by atoms with Crippen molar-refractivity contribution < 1.29 is 13.2 Å². The number of hydrogen-bond donors (Lipinski definition) is 2. The summed E-state index contributed by atoms with van der Waals surface area (Å²) in [6.45, 7) is 0.670. The molecule has 1 aromatic carbocycles. The molecule has 0 aromatic heterocycles. The van der Waals surface area contributed by atoms with Gasteiger partial charge in [-0.15, -0.1) is 0 Å². The molecule has 0 unspecified atom stereocenters. The monoisotopic (exact) mass is 308 g/mol. The number of benzene rings is 1. The minimum absolute atomic E-state index is 0.0496. The third-order valence-electron chi connectivity index (χ3n) is 2.00. The Morgan fingerprint density at radius 1 is 1.29 bits per heavy atom. The normalized spacial score (nSPS) is 12.1. The summed E-state index contributed by atoms with van der Waals surface area (Å²) < 4.78 is 38.6. The highest BCUT2D eigenvalue weighted by Crippen LogP contribution is 2.36. The fourth-order valence-electron chi connectivity index (χ4n) is 1.26. The third kappa shape index (κ3) is 4.40. The molecule has 0 heterocycles. The van der Waals surface area contributed by atoms with Crippen LogP contribution in [-0.4, -0.2) is 13.1 Å². The molecule has 0 bridgehead atoms. The van der Waals surface area contributed by atoms with Crippen LogP contribution < -0.4 is 11.1 Å². The summed E-state index contributed by atoms with van der Waals surface area (Å²) in [5, 5.41) is 2.70. The Balaban J connectivity index is 2.88. The summed E-state index contributed by atoms with van der Waals surface area (Å²) >= 11 is 3.14. The van der Waals surface area contributed by atoms with Crippen molar-refractivity contribution in [2.24, 2.45) is 5.73 Å². The average Bonchev–Trinajstić information content (AvgIpc) is 2.23. The SMILES string of the molecule is NC/C=C/CNc1cc(Br)ccc1C(F)(F)F. The Morgan fingerprint density at radius 2 is 2.00 bits per heavy atom. The molecule has 94 valence electrons. The van der Waals surface area contributed by atoms with Gasteiger partial charge in [0.15, 0.2) is 0 Å². The molecule has 6 heteroatoms. The maximum Gasteiger partial charge on any atom is 0.418 e. The van der Waals surface area contributed by atoms with E-state index in [2.05, 4.69) is 21.2 Å². The molecule has 2 nitrogen and oxygen atoms in total. The molecule has 0 aliphatic carbocycles. The molecule has 0 fully saturated rings. The summed E-state index contributed by atoms with van der Waals surface area (Å²) in [6, 6.07) is 3.81. The molecule has 3 N–H and O–H groups in total. The van der Waals surface area contributed by atoms with Crippen molar-refractivity contribution in [1.82, 2.24) is 0 Å². The fraction of sp³-hybridized carbons (Fsp3) is 0.273. The molecule has 0 amide bonds. The van der Waals surface area contributed by atoms with Crippen LogP contribution in [0.5, 0.6) is 0 Å². The van der Waals surface area contributed by atoms with Crippen LogP contribution in [0.15, 0.2) is 34.8 Å². The van der Waals surface area contributed by atoms with Gasteiger partial charge in [-0.3, -0.25) is 0 Å². The van der Waals surface area contributed by atoms with E-state index in [4.69, 9.17) is 5.73 Å². The lowest BCUT2D eigenvalue weighted by Crippen LogP contribution is -2.11. The largest absolute Gasteiger partial charge is 0.418 e. The number of halogens is 4. The van der Waals surface area contributed by atoms with Gasteiger partial charge < -0.3 is 11.1 Å². The molecule has 0 saturated carbocycles. The highest BCUT2D eigenvalue weighted by atomic mass is 79.9. The first-order chi connectivity index (χ1) is 7.95.